The van der Waals surface area contributed by atoms with Gasteiger partial charge in [-0.2, -0.15) is 0 Å². The summed E-state index contributed by atoms with van der Waals surface area (Å²) >= 11 is 0. The lowest BCUT2D eigenvalue weighted by molar-refractivity contribution is -0.385. The number of ether oxygens (including phenoxy) is 1. The zero-order valence-corrected chi connectivity index (χ0v) is 17.1. The Hall–Kier alpha value is -4.00. The lowest BCUT2D eigenvalue weighted by Gasteiger charge is -2.16. The molecular formula is C24H23N3O4. The van der Waals surface area contributed by atoms with Crippen LogP contribution in [0.5, 0.6) is 0 Å². The number of anilines is 1. The van der Waals surface area contributed by atoms with Gasteiger partial charge in [0.15, 0.2) is 0 Å². The molecular weight excluding hydrogens is 394 g/mol. The number of hydrogen-bond acceptors (Lipinski definition) is 6. The smallest absolute Gasteiger partial charge is 0.330 e. The van der Waals surface area contributed by atoms with E-state index in [1.807, 2.05) is 61.5 Å². The first-order chi connectivity index (χ1) is 15.0. The van der Waals surface area contributed by atoms with E-state index in [0.29, 0.717) is 12.2 Å². The van der Waals surface area contributed by atoms with Crippen LogP contribution in [0.3, 0.4) is 0 Å². The molecule has 0 spiro atoms. The molecule has 1 aromatic heterocycles. The fraction of sp³-hybridized carbons (Fsp3) is 0.167. The third-order valence-corrected chi connectivity index (χ3v) is 4.66. The predicted octanol–water partition coefficient (Wildman–Crippen LogP) is 5.10. The molecule has 7 heteroatoms. The lowest BCUT2D eigenvalue weighted by atomic mass is 10.0. The largest absolute Gasteiger partial charge is 0.460 e. The SMILES string of the molecule is CCC(COC(=O)/C=C/c1ccc(-c2ccccc2)cc1)Nc1ccc([N+](=O)[O-])cn1. The first-order valence-electron chi connectivity index (χ1n) is 9.92. The molecule has 0 aliphatic rings. The van der Waals surface area contributed by atoms with Crippen LogP contribution in [0.1, 0.15) is 18.9 Å². The van der Waals surface area contributed by atoms with E-state index in [1.54, 1.807) is 6.08 Å². The fourth-order valence-corrected chi connectivity index (χ4v) is 2.86. The minimum atomic E-state index is -0.503. The Labute approximate surface area is 180 Å². The van der Waals surface area contributed by atoms with Gasteiger partial charge >= 0.3 is 5.97 Å². The highest BCUT2D eigenvalue weighted by atomic mass is 16.6. The van der Waals surface area contributed by atoms with Crippen molar-refractivity contribution in [2.24, 2.45) is 0 Å². The number of carbonyl (C=O) groups excluding carboxylic acids is 1. The van der Waals surface area contributed by atoms with Gasteiger partial charge < -0.3 is 10.1 Å². The highest BCUT2D eigenvalue weighted by Gasteiger charge is 2.11. The third-order valence-electron chi connectivity index (χ3n) is 4.66. The summed E-state index contributed by atoms with van der Waals surface area (Å²) in [7, 11) is 0. The van der Waals surface area contributed by atoms with Gasteiger partial charge in [-0.05, 0) is 35.3 Å². The van der Waals surface area contributed by atoms with Crippen molar-refractivity contribution in [2.75, 3.05) is 11.9 Å². The number of pyridine rings is 1. The molecule has 0 saturated carbocycles. The standard InChI is InChI=1S/C24H23N3O4/c1-2-21(26-23-14-13-22(16-25-23)27(29)30)17-31-24(28)15-10-18-8-11-20(12-9-18)19-6-4-3-5-7-19/h3-16,21H,2,17H2,1H3,(H,25,26)/b15-10+. The Morgan fingerprint density at radius 1 is 1.10 bits per heavy atom. The van der Waals surface area contributed by atoms with E-state index in [9.17, 15) is 14.9 Å². The van der Waals surface area contributed by atoms with Crippen molar-refractivity contribution in [2.45, 2.75) is 19.4 Å². The molecule has 3 rings (SSSR count). The molecule has 1 heterocycles. The molecule has 0 amide bonds. The molecule has 0 aliphatic carbocycles. The van der Waals surface area contributed by atoms with E-state index < -0.39 is 10.9 Å². The van der Waals surface area contributed by atoms with Crippen LogP contribution in [0.25, 0.3) is 17.2 Å². The van der Waals surface area contributed by atoms with Crippen LogP contribution in [0.15, 0.2) is 79.0 Å². The molecule has 158 valence electrons. The van der Waals surface area contributed by atoms with Crippen molar-refractivity contribution >= 4 is 23.6 Å². The van der Waals surface area contributed by atoms with Crippen LogP contribution in [0.4, 0.5) is 11.5 Å². The van der Waals surface area contributed by atoms with Crippen molar-refractivity contribution in [1.29, 1.82) is 0 Å². The molecule has 1 unspecified atom stereocenters. The topological polar surface area (TPSA) is 94.4 Å². The van der Waals surface area contributed by atoms with Crippen LogP contribution in [-0.4, -0.2) is 28.5 Å². The predicted molar refractivity (Wildman–Crippen MR) is 120 cm³/mol. The number of nitrogens with zero attached hydrogens (tertiary/aromatic N) is 2. The second kappa shape index (κ2) is 10.7. The molecule has 0 radical (unpaired) electrons. The lowest BCUT2D eigenvalue weighted by Crippen LogP contribution is -2.26. The molecule has 31 heavy (non-hydrogen) atoms. The summed E-state index contributed by atoms with van der Waals surface area (Å²) < 4.78 is 5.32. The monoisotopic (exact) mass is 417 g/mol. The van der Waals surface area contributed by atoms with Crippen molar-refractivity contribution in [3.63, 3.8) is 0 Å². The van der Waals surface area contributed by atoms with Gasteiger partial charge in [-0.1, -0.05) is 61.5 Å². The molecule has 1 N–H and O–H groups in total. The Kier molecular flexibility index (Phi) is 7.48. The van der Waals surface area contributed by atoms with Crippen molar-refractivity contribution in [1.82, 2.24) is 4.98 Å². The number of benzene rings is 2. The highest BCUT2D eigenvalue weighted by Crippen LogP contribution is 2.19. The van der Waals surface area contributed by atoms with E-state index >= 15 is 0 Å². The summed E-state index contributed by atoms with van der Waals surface area (Å²) in [4.78, 5) is 26.3. The minimum absolute atomic E-state index is 0.0769. The number of rotatable bonds is 9. The van der Waals surface area contributed by atoms with Gasteiger partial charge in [0.1, 0.15) is 18.6 Å². The molecule has 0 aliphatic heterocycles. The van der Waals surface area contributed by atoms with E-state index in [4.69, 9.17) is 4.74 Å². The quantitative estimate of drug-likeness (QED) is 0.225. The average Bonchev–Trinajstić information content (AvgIpc) is 2.81. The van der Waals surface area contributed by atoms with Crippen LogP contribution in [-0.2, 0) is 9.53 Å². The number of nitrogens with one attached hydrogen (secondary N) is 1. The first kappa shape index (κ1) is 21.7. The molecule has 0 saturated heterocycles. The minimum Gasteiger partial charge on any atom is -0.460 e. The van der Waals surface area contributed by atoms with Crippen LogP contribution >= 0.6 is 0 Å². The molecule has 7 nitrogen and oxygen atoms in total. The maximum Gasteiger partial charge on any atom is 0.330 e. The summed E-state index contributed by atoms with van der Waals surface area (Å²) in [6.45, 7) is 2.10. The molecule has 1 atom stereocenters. The number of aromatic nitrogens is 1. The number of nitro groups is 1. The second-order valence-corrected chi connectivity index (χ2v) is 6.86. The molecule has 0 fully saturated rings. The van der Waals surface area contributed by atoms with Gasteiger partial charge in [0.05, 0.1) is 11.0 Å². The van der Waals surface area contributed by atoms with Crippen molar-refractivity contribution in [3.8, 4) is 11.1 Å². The summed E-state index contributed by atoms with van der Waals surface area (Å²) in [6, 6.07) is 20.7. The van der Waals surface area contributed by atoms with E-state index in [0.717, 1.165) is 16.7 Å². The average molecular weight is 417 g/mol. The number of hydrogen-bond donors (Lipinski definition) is 1. The molecule has 2 aromatic carbocycles. The normalized spacial score (nSPS) is 11.8. The van der Waals surface area contributed by atoms with E-state index in [2.05, 4.69) is 10.3 Å². The van der Waals surface area contributed by atoms with Gasteiger partial charge in [-0.25, -0.2) is 9.78 Å². The van der Waals surface area contributed by atoms with Crippen molar-refractivity contribution < 1.29 is 14.5 Å². The Morgan fingerprint density at radius 2 is 1.81 bits per heavy atom. The fourth-order valence-electron chi connectivity index (χ4n) is 2.86. The first-order valence-corrected chi connectivity index (χ1v) is 9.92. The molecule has 0 bridgehead atoms. The summed E-state index contributed by atoms with van der Waals surface area (Å²) in [6.07, 6.45) is 4.99. The third kappa shape index (κ3) is 6.50. The van der Waals surface area contributed by atoms with Crippen LogP contribution in [0.2, 0.25) is 0 Å². The maximum atomic E-state index is 12.1. The Balaban J connectivity index is 1.50. The second-order valence-electron chi connectivity index (χ2n) is 6.86. The number of esters is 1. The summed E-state index contributed by atoms with van der Waals surface area (Å²) in [5.41, 5.74) is 3.07. The van der Waals surface area contributed by atoms with Gasteiger partial charge in [-0.3, -0.25) is 10.1 Å². The molecule has 3 aromatic rings. The highest BCUT2D eigenvalue weighted by molar-refractivity contribution is 5.87. The number of carbonyl (C=O) groups is 1. The summed E-state index contributed by atoms with van der Waals surface area (Å²) in [5, 5.41) is 13.8. The Morgan fingerprint density at radius 3 is 2.42 bits per heavy atom. The van der Waals surface area contributed by atoms with Crippen LogP contribution < -0.4 is 5.32 Å². The zero-order chi connectivity index (χ0) is 22.1. The van der Waals surface area contributed by atoms with E-state index in [-0.39, 0.29) is 18.3 Å². The zero-order valence-electron chi connectivity index (χ0n) is 17.1. The Bertz CT molecular complexity index is 1030. The summed E-state index contributed by atoms with van der Waals surface area (Å²) in [5.74, 6) is 0.0478. The van der Waals surface area contributed by atoms with Crippen LogP contribution in [0, 0.1) is 10.1 Å². The van der Waals surface area contributed by atoms with Gasteiger partial charge in [0.25, 0.3) is 5.69 Å². The van der Waals surface area contributed by atoms with Crippen molar-refractivity contribution in [3.05, 3.63) is 94.7 Å². The van der Waals surface area contributed by atoms with Gasteiger partial charge in [0.2, 0.25) is 0 Å². The van der Waals surface area contributed by atoms with Gasteiger partial charge in [-0.15, -0.1) is 0 Å². The maximum absolute atomic E-state index is 12.1. The van der Waals surface area contributed by atoms with E-state index in [1.165, 1.54) is 24.4 Å². The van der Waals surface area contributed by atoms with Gasteiger partial charge in [0, 0.05) is 12.1 Å².